The van der Waals surface area contributed by atoms with Crippen LogP contribution in [0, 0.1) is 0 Å². The summed E-state index contributed by atoms with van der Waals surface area (Å²) in [4.78, 5) is 11.5. The van der Waals surface area contributed by atoms with Crippen LogP contribution in [0.5, 0.6) is 0 Å². The summed E-state index contributed by atoms with van der Waals surface area (Å²) < 4.78 is 0. The van der Waals surface area contributed by atoms with E-state index in [2.05, 4.69) is 16.0 Å². The number of carbonyl (C=O) groups is 1. The number of aliphatic hydroxyl groups is 1. The van der Waals surface area contributed by atoms with Gasteiger partial charge in [-0.3, -0.25) is 4.79 Å². The lowest BCUT2D eigenvalue weighted by Crippen LogP contribution is -2.59. The molecule has 2 fully saturated rings. The maximum absolute atomic E-state index is 11.5. The average Bonchev–Trinajstić information content (AvgIpc) is 2.44. The standard InChI is InChI=1S/C8H15N3O2.ClH/c12-6-1-7(10-4-6)8(13)11-5-2-9-3-5;/h5-7,9-10,12H,1-4H2,(H,11,13);1H/t6-,7-;/m1./s1. The Balaban J connectivity index is 0.000000980. The molecule has 2 atom stereocenters. The van der Waals surface area contributed by atoms with E-state index in [1.54, 1.807) is 0 Å². The molecular formula is C8H16ClN3O2. The van der Waals surface area contributed by atoms with Crippen molar-refractivity contribution in [3.05, 3.63) is 0 Å². The van der Waals surface area contributed by atoms with Crippen molar-refractivity contribution in [2.24, 2.45) is 0 Å². The van der Waals surface area contributed by atoms with Crippen molar-refractivity contribution < 1.29 is 9.90 Å². The Labute approximate surface area is 89.0 Å². The predicted octanol–water partition coefficient (Wildman–Crippen LogP) is -1.78. The molecule has 14 heavy (non-hydrogen) atoms. The molecule has 0 aromatic heterocycles. The number of halogens is 1. The Kier molecular flexibility index (Phi) is 4.12. The van der Waals surface area contributed by atoms with Gasteiger partial charge in [-0.15, -0.1) is 12.4 Å². The largest absolute Gasteiger partial charge is 0.392 e. The number of β-amino-alcohol motifs (C(OH)–C–C–N with tert-alkyl or cyclic N) is 1. The van der Waals surface area contributed by atoms with Crippen LogP contribution < -0.4 is 16.0 Å². The molecule has 2 rings (SSSR count). The van der Waals surface area contributed by atoms with Gasteiger partial charge in [-0.25, -0.2) is 0 Å². The van der Waals surface area contributed by atoms with E-state index in [4.69, 9.17) is 0 Å². The summed E-state index contributed by atoms with van der Waals surface area (Å²) in [5.41, 5.74) is 0. The summed E-state index contributed by atoms with van der Waals surface area (Å²) in [5.74, 6) is 0.0167. The molecule has 6 heteroatoms. The minimum atomic E-state index is -0.365. The average molecular weight is 222 g/mol. The quantitative estimate of drug-likeness (QED) is 0.445. The van der Waals surface area contributed by atoms with Gasteiger partial charge in [0.1, 0.15) is 0 Å². The molecule has 82 valence electrons. The third kappa shape index (κ3) is 2.57. The van der Waals surface area contributed by atoms with Crippen molar-refractivity contribution in [3.63, 3.8) is 0 Å². The number of carbonyl (C=O) groups excluding carboxylic acids is 1. The fraction of sp³-hybridized carbons (Fsp3) is 0.875. The fourth-order valence-electron chi connectivity index (χ4n) is 1.61. The highest BCUT2D eigenvalue weighted by molar-refractivity contribution is 5.85. The molecule has 2 heterocycles. The third-order valence-corrected chi connectivity index (χ3v) is 2.55. The molecule has 2 aliphatic rings. The topological polar surface area (TPSA) is 73.4 Å². The van der Waals surface area contributed by atoms with Crippen molar-refractivity contribution in [3.8, 4) is 0 Å². The highest BCUT2D eigenvalue weighted by atomic mass is 35.5. The second kappa shape index (κ2) is 4.93. The lowest BCUT2D eigenvalue weighted by Gasteiger charge is -2.29. The molecule has 0 radical (unpaired) electrons. The van der Waals surface area contributed by atoms with Crippen LogP contribution >= 0.6 is 12.4 Å². The van der Waals surface area contributed by atoms with Crippen LogP contribution in [0.15, 0.2) is 0 Å². The minimum Gasteiger partial charge on any atom is -0.392 e. The SMILES string of the molecule is Cl.O=C(NC1CNC1)[C@H]1C[C@@H](O)CN1. The molecule has 0 bridgehead atoms. The highest BCUT2D eigenvalue weighted by Crippen LogP contribution is 2.06. The van der Waals surface area contributed by atoms with E-state index in [-0.39, 0.29) is 36.5 Å². The van der Waals surface area contributed by atoms with Gasteiger partial charge in [0.15, 0.2) is 0 Å². The zero-order chi connectivity index (χ0) is 9.26. The maximum atomic E-state index is 11.5. The van der Waals surface area contributed by atoms with Gasteiger partial charge >= 0.3 is 0 Å². The van der Waals surface area contributed by atoms with Crippen LogP contribution in [-0.2, 0) is 4.79 Å². The fourth-order valence-corrected chi connectivity index (χ4v) is 1.61. The first-order valence-electron chi connectivity index (χ1n) is 4.68. The van der Waals surface area contributed by atoms with Gasteiger partial charge in [0.05, 0.1) is 18.2 Å². The van der Waals surface area contributed by atoms with E-state index < -0.39 is 0 Å². The maximum Gasteiger partial charge on any atom is 0.237 e. The van der Waals surface area contributed by atoms with E-state index in [1.807, 2.05) is 0 Å². The zero-order valence-electron chi connectivity index (χ0n) is 7.82. The van der Waals surface area contributed by atoms with Crippen molar-refractivity contribution >= 4 is 18.3 Å². The molecule has 0 spiro atoms. The molecule has 0 aromatic rings. The van der Waals surface area contributed by atoms with E-state index in [0.717, 1.165) is 13.1 Å². The molecular weight excluding hydrogens is 206 g/mol. The predicted molar refractivity (Wildman–Crippen MR) is 54.5 cm³/mol. The Morgan fingerprint density at radius 1 is 1.36 bits per heavy atom. The van der Waals surface area contributed by atoms with Crippen LogP contribution in [0.25, 0.3) is 0 Å². The molecule has 0 aromatic carbocycles. The summed E-state index contributed by atoms with van der Waals surface area (Å²) >= 11 is 0. The molecule has 2 aliphatic heterocycles. The van der Waals surface area contributed by atoms with Gasteiger partial charge in [-0.1, -0.05) is 0 Å². The smallest absolute Gasteiger partial charge is 0.237 e. The number of amides is 1. The van der Waals surface area contributed by atoms with Gasteiger partial charge < -0.3 is 21.1 Å². The van der Waals surface area contributed by atoms with Gasteiger partial charge in [0.25, 0.3) is 0 Å². The highest BCUT2D eigenvalue weighted by Gasteiger charge is 2.30. The summed E-state index contributed by atoms with van der Waals surface area (Å²) in [6.45, 7) is 2.25. The molecule has 0 aliphatic carbocycles. The Hall–Kier alpha value is -0.360. The Morgan fingerprint density at radius 2 is 2.07 bits per heavy atom. The number of aliphatic hydroxyl groups excluding tert-OH is 1. The van der Waals surface area contributed by atoms with Crippen LogP contribution in [0.4, 0.5) is 0 Å². The number of hydrogen-bond donors (Lipinski definition) is 4. The summed E-state index contributed by atoms with van der Waals surface area (Å²) in [7, 11) is 0. The van der Waals surface area contributed by atoms with Crippen LogP contribution in [-0.4, -0.2) is 48.8 Å². The number of rotatable bonds is 2. The first-order valence-corrected chi connectivity index (χ1v) is 4.68. The van der Waals surface area contributed by atoms with Crippen molar-refractivity contribution in [1.82, 2.24) is 16.0 Å². The van der Waals surface area contributed by atoms with E-state index >= 15 is 0 Å². The summed E-state index contributed by atoms with van der Waals surface area (Å²) in [5, 5.41) is 18.2. The first kappa shape index (κ1) is 11.7. The molecule has 1 amide bonds. The van der Waals surface area contributed by atoms with Gasteiger partial charge in [0.2, 0.25) is 5.91 Å². The monoisotopic (exact) mass is 221 g/mol. The zero-order valence-corrected chi connectivity index (χ0v) is 8.64. The van der Waals surface area contributed by atoms with Crippen LogP contribution in [0.2, 0.25) is 0 Å². The molecule has 0 unspecified atom stereocenters. The molecule has 2 saturated heterocycles. The molecule has 5 nitrogen and oxygen atoms in total. The molecule has 0 saturated carbocycles. The second-order valence-electron chi connectivity index (χ2n) is 3.71. The van der Waals surface area contributed by atoms with Crippen molar-refractivity contribution in [2.75, 3.05) is 19.6 Å². The summed E-state index contributed by atoms with van der Waals surface area (Å²) in [6, 6.07) is 0.0858. The second-order valence-corrected chi connectivity index (χ2v) is 3.71. The van der Waals surface area contributed by atoms with Gasteiger partial charge in [-0.05, 0) is 6.42 Å². The van der Waals surface area contributed by atoms with Crippen LogP contribution in [0.1, 0.15) is 6.42 Å². The first-order chi connectivity index (χ1) is 6.25. The van der Waals surface area contributed by atoms with E-state index in [0.29, 0.717) is 13.0 Å². The number of hydrogen-bond acceptors (Lipinski definition) is 4. The van der Waals surface area contributed by atoms with Crippen molar-refractivity contribution in [1.29, 1.82) is 0 Å². The van der Waals surface area contributed by atoms with E-state index in [9.17, 15) is 9.90 Å². The lowest BCUT2D eigenvalue weighted by molar-refractivity contribution is -0.124. The minimum absolute atomic E-state index is 0. The van der Waals surface area contributed by atoms with Gasteiger partial charge in [0, 0.05) is 19.6 Å². The summed E-state index contributed by atoms with van der Waals surface area (Å²) in [6.07, 6.45) is 0.168. The number of nitrogens with one attached hydrogen (secondary N) is 3. The van der Waals surface area contributed by atoms with E-state index in [1.165, 1.54) is 0 Å². The lowest BCUT2D eigenvalue weighted by atomic mass is 10.1. The normalized spacial score (nSPS) is 31.8. The van der Waals surface area contributed by atoms with Crippen molar-refractivity contribution in [2.45, 2.75) is 24.6 Å². The molecule has 4 N–H and O–H groups in total. The third-order valence-electron chi connectivity index (χ3n) is 2.55. The Bertz CT molecular complexity index is 211. The van der Waals surface area contributed by atoms with Crippen LogP contribution in [0.3, 0.4) is 0 Å². The Morgan fingerprint density at radius 3 is 2.50 bits per heavy atom. The van der Waals surface area contributed by atoms with Gasteiger partial charge in [-0.2, -0.15) is 0 Å².